The van der Waals surface area contributed by atoms with Crippen molar-refractivity contribution < 1.29 is 147 Å². The van der Waals surface area contributed by atoms with Gasteiger partial charge in [-0.3, -0.25) is 0 Å². The molecule has 114 valence electrons. The predicted octanol–water partition coefficient (Wildman–Crippen LogP) is -13.1. The maximum absolute atomic E-state index is 10.7. The second-order valence-electron chi connectivity index (χ2n) is 3.92. The fourth-order valence-electron chi connectivity index (χ4n) is 1.41. The number of nitrogens with one attached hydrogen (secondary N) is 1. The van der Waals surface area contributed by atoms with Crippen molar-refractivity contribution in [3.8, 4) is 0 Å². The van der Waals surface area contributed by atoms with Crippen molar-refractivity contribution in [2.45, 2.75) is 16.8 Å². The average Bonchev–Trinajstić information content (AvgIpc) is 2.31. The second-order valence-corrected chi connectivity index (χ2v) is 8.69. The van der Waals surface area contributed by atoms with Gasteiger partial charge in [-0.1, -0.05) is 18.2 Å². The summed E-state index contributed by atoms with van der Waals surface area (Å²) in [4.78, 5) is 43.8. The van der Waals surface area contributed by atoms with Crippen LogP contribution in [-0.2, 0) is 9.13 Å². The third-order valence-corrected chi connectivity index (χ3v) is 6.62. The minimum absolute atomic E-state index is 0. The molecule has 0 saturated carbocycles. The Morgan fingerprint density at radius 1 is 0.917 bits per heavy atom. The van der Waals surface area contributed by atoms with Crippen LogP contribution in [0.1, 0.15) is 6.42 Å². The van der Waals surface area contributed by atoms with Gasteiger partial charge in [-0.25, -0.2) is 0 Å². The number of hydrogen-bond acceptors (Lipinski definition) is 8. The van der Waals surface area contributed by atoms with Crippen molar-refractivity contribution in [2.75, 3.05) is 12.3 Å². The van der Waals surface area contributed by atoms with Crippen LogP contribution in [0.2, 0.25) is 0 Å². The molecule has 1 aromatic carbocycles. The Kier molecular flexibility index (Phi) is 26.0. The normalized spacial score (nSPS) is 10.7. The van der Waals surface area contributed by atoms with Crippen molar-refractivity contribution >= 4 is 27.0 Å². The van der Waals surface area contributed by atoms with E-state index in [1.54, 1.807) is 0 Å². The van der Waals surface area contributed by atoms with Crippen molar-refractivity contribution in [1.29, 1.82) is 0 Å². The quantitative estimate of drug-likeness (QED) is 0.186. The van der Waals surface area contributed by atoms with Gasteiger partial charge in [0.15, 0.2) is 0 Å². The smallest absolute Gasteiger partial charge is 0.809 e. The summed E-state index contributed by atoms with van der Waals surface area (Å²) in [5.41, 5.74) is -2.57. The topological polar surface area (TPSA) is 138 Å². The van der Waals surface area contributed by atoms with Crippen molar-refractivity contribution in [2.24, 2.45) is 0 Å². The van der Waals surface area contributed by atoms with E-state index >= 15 is 0 Å². The molecule has 0 aromatic heterocycles. The van der Waals surface area contributed by atoms with Crippen molar-refractivity contribution in [1.82, 2.24) is 5.32 Å². The molecule has 24 heavy (non-hydrogen) atoms. The molecule has 0 aliphatic heterocycles. The summed E-state index contributed by atoms with van der Waals surface area (Å²) < 4.78 is 21.4. The number of thioether (sulfide) groups is 1. The van der Waals surface area contributed by atoms with Gasteiger partial charge in [-0.2, -0.15) is 0 Å². The van der Waals surface area contributed by atoms with E-state index in [1.807, 2.05) is 35.6 Å². The Hall–Kier alpha value is 3.83. The summed E-state index contributed by atoms with van der Waals surface area (Å²) in [5, 5.41) is 2.00. The zero-order valence-electron chi connectivity index (χ0n) is 14.3. The average molecular weight is 429 g/mol. The number of rotatable bonds is 8. The Balaban J connectivity index is -0.000000500. The van der Waals surface area contributed by atoms with Gasteiger partial charge in [0.2, 0.25) is 0 Å². The zero-order valence-corrected chi connectivity index (χ0v) is 24.9. The van der Waals surface area contributed by atoms with Crippen LogP contribution in [0.3, 0.4) is 0 Å². The van der Waals surface area contributed by atoms with Crippen LogP contribution in [-0.4, -0.2) is 17.8 Å². The Bertz CT molecular complexity index is 495. The summed E-state index contributed by atoms with van der Waals surface area (Å²) in [6.07, 6.45) is 0.413. The molecule has 0 atom stereocenters. The third kappa shape index (κ3) is 15.7. The first-order valence-electron chi connectivity index (χ1n) is 5.66. The minimum atomic E-state index is -5.51. The van der Waals surface area contributed by atoms with E-state index in [0.29, 0.717) is 12.2 Å². The van der Waals surface area contributed by atoms with E-state index in [0.717, 1.165) is 4.90 Å². The predicted molar refractivity (Wildman–Crippen MR) is 68.8 cm³/mol. The Morgan fingerprint density at radius 3 is 1.79 bits per heavy atom. The SMILES string of the molecule is O=P([O-])([O-])C(NCCCSc1ccccc1)P(=O)([O-])[O-].[Na+].[Na+].[Na+].[Na+]. The van der Waals surface area contributed by atoms with Gasteiger partial charge >= 0.3 is 118 Å². The molecule has 0 spiro atoms. The molecule has 0 aliphatic carbocycles. The number of benzene rings is 1. The molecule has 1 aromatic rings. The van der Waals surface area contributed by atoms with E-state index in [1.165, 1.54) is 11.8 Å². The molecule has 1 N–H and O–H groups in total. The van der Waals surface area contributed by atoms with Gasteiger partial charge in [0, 0.05) is 4.90 Å². The third-order valence-electron chi connectivity index (χ3n) is 2.26. The largest absolute Gasteiger partial charge is 1.00 e. The molecule has 0 bridgehead atoms. The molecule has 0 unspecified atom stereocenters. The van der Waals surface area contributed by atoms with Gasteiger partial charge in [0.25, 0.3) is 0 Å². The molecule has 0 aliphatic rings. The van der Waals surface area contributed by atoms with Gasteiger partial charge < -0.3 is 34.0 Å². The van der Waals surface area contributed by atoms with Crippen LogP contribution in [0, 0.1) is 0 Å². The van der Waals surface area contributed by atoms with Gasteiger partial charge in [0.1, 0.15) is 0 Å². The van der Waals surface area contributed by atoms with Crippen LogP contribution >= 0.6 is 27.0 Å². The van der Waals surface area contributed by atoms with Gasteiger partial charge in [-0.15, -0.1) is 11.8 Å². The molecule has 0 saturated heterocycles. The fourth-order valence-corrected chi connectivity index (χ4v) is 4.37. The number of hydrogen-bond donors (Lipinski definition) is 1. The van der Waals surface area contributed by atoms with Crippen LogP contribution < -0.4 is 143 Å². The molecule has 0 heterocycles. The molecule has 0 amide bonds. The summed E-state index contributed by atoms with van der Waals surface area (Å²) in [7, 11) is -11.0. The first-order valence-corrected chi connectivity index (χ1v) is 9.87. The first-order chi connectivity index (χ1) is 9.21. The molecular weight excluding hydrogens is 416 g/mol. The zero-order chi connectivity index (χ0) is 15.2. The van der Waals surface area contributed by atoms with Crippen LogP contribution in [0.5, 0.6) is 0 Å². The van der Waals surface area contributed by atoms with Crippen molar-refractivity contribution in [3.05, 3.63) is 30.3 Å². The molecule has 14 heteroatoms. The minimum Gasteiger partial charge on any atom is -0.809 e. The van der Waals surface area contributed by atoms with Crippen LogP contribution in [0.25, 0.3) is 0 Å². The summed E-state index contributed by atoms with van der Waals surface area (Å²) in [5.74, 6) is 0.591. The van der Waals surface area contributed by atoms with E-state index in [4.69, 9.17) is 0 Å². The molecule has 1 rings (SSSR count). The first kappa shape index (κ1) is 35.3. The van der Waals surface area contributed by atoms with E-state index in [9.17, 15) is 28.7 Å². The Morgan fingerprint density at radius 2 is 1.38 bits per heavy atom. The Labute approximate surface area is 234 Å². The van der Waals surface area contributed by atoms with Crippen LogP contribution in [0.4, 0.5) is 0 Å². The molecule has 0 fully saturated rings. The summed E-state index contributed by atoms with van der Waals surface area (Å²) in [6, 6.07) is 9.40. The fraction of sp³-hybridized carbons (Fsp3) is 0.400. The molecule has 0 radical (unpaired) electrons. The maximum Gasteiger partial charge on any atom is 1.00 e. The maximum atomic E-state index is 10.7. The van der Waals surface area contributed by atoms with E-state index in [2.05, 4.69) is 0 Å². The standard InChI is InChI=1S/C10H17NO6P2S.4Na/c12-18(13,14)10(19(15,16)17)11-7-4-8-20-9-5-2-1-3-6-9;;;;/h1-3,5-6,10-11H,4,7-8H2,(H2,12,13,14)(H2,15,16,17);;;;/q;4*+1/p-4. The second kappa shape index (κ2) is 17.7. The van der Waals surface area contributed by atoms with Gasteiger partial charge in [0.05, 0.1) is 5.52 Å². The summed E-state index contributed by atoms with van der Waals surface area (Å²) >= 11 is 1.50. The van der Waals surface area contributed by atoms with Crippen molar-refractivity contribution in [3.63, 3.8) is 0 Å². The van der Waals surface area contributed by atoms with E-state index < -0.39 is 20.7 Å². The monoisotopic (exact) mass is 429 g/mol. The molecule has 7 nitrogen and oxygen atoms in total. The van der Waals surface area contributed by atoms with Gasteiger partial charge in [-0.05, 0) is 46.0 Å². The van der Waals surface area contributed by atoms with E-state index in [-0.39, 0.29) is 125 Å². The van der Waals surface area contributed by atoms with Crippen LogP contribution in [0.15, 0.2) is 35.2 Å². The summed E-state index contributed by atoms with van der Waals surface area (Å²) in [6.45, 7) is -0.0482. The molecular formula is C10H13NNa4O6P2S.